The Morgan fingerprint density at radius 1 is 1.24 bits per heavy atom. The van der Waals surface area contributed by atoms with E-state index in [9.17, 15) is 4.79 Å². The minimum Gasteiger partial charge on any atom is -0.454 e. The van der Waals surface area contributed by atoms with Crippen molar-refractivity contribution in [3.63, 3.8) is 0 Å². The maximum Gasteiger partial charge on any atom is 0.232 e. The Morgan fingerprint density at radius 3 is 2.71 bits per heavy atom. The van der Waals surface area contributed by atoms with Crippen LogP contribution in [0.3, 0.4) is 0 Å². The van der Waals surface area contributed by atoms with Crippen molar-refractivity contribution in [2.24, 2.45) is 0 Å². The molecule has 0 N–H and O–H groups in total. The molecule has 21 heavy (non-hydrogen) atoms. The van der Waals surface area contributed by atoms with Crippen LogP contribution in [0, 0.1) is 0 Å². The van der Waals surface area contributed by atoms with Crippen molar-refractivity contribution in [2.45, 2.75) is 5.75 Å². The molecule has 0 aliphatic carbocycles. The van der Waals surface area contributed by atoms with Gasteiger partial charge in [-0.3, -0.25) is 4.79 Å². The van der Waals surface area contributed by atoms with Crippen molar-refractivity contribution in [1.29, 1.82) is 0 Å². The van der Waals surface area contributed by atoms with Crippen LogP contribution in [0.15, 0.2) is 16.6 Å². The Bertz CT molecular complexity index is 534. The summed E-state index contributed by atoms with van der Waals surface area (Å²) in [6, 6.07) is 3.89. The molecule has 2 heterocycles. The Kier molecular flexibility index (Phi) is 4.92. The lowest BCUT2D eigenvalue weighted by molar-refractivity contribution is -0.132. The zero-order chi connectivity index (χ0) is 14.7. The van der Waals surface area contributed by atoms with E-state index in [2.05, 4.69) is 15.9 Å². The van der Waals surface area contributed by atoms with Crippen molar-refractivity contribution < 1.29 is 19.0 Å². The number of rotatable bonds is 4. The van der Waals surface area contributed by atoms with E-state index in [1.807, 2.05) is 17.0 Å². The topological polar surface area (TPSA) is 48.0 Å². The number of halogens is 1. The normalized spacial score (nSPS) is 17.1. The monoisotopic (exact) mass is 373 g/mol. The molecular formula is C14H16BrNO4S. The molecule has 0 unspecified atom stereocenters. The summed E-state index contributed by atoms with van der Waals surface area (Å²) < 4.78 is 16.9. The van der Waals surface area contributed by atoms with Gasteiger partial charge in [-0.2, -0.15) is 0 Å². The third-order valence-corrected chi connectivity index (χ3v) is 5.09. The first-order chi connectivity index (χ1) is 10.2. The highest BCUT2D eigenvalue weighted by Gasteiger charge is 2.18. The van der Waals surface area contributed by atoms with Crippen molar-refractivity contribution in [2.75, 3.05) is 38.8 Å². The van der Waals surface area contributed by atoms with Gasteiger partial charge < -0.3 is 19.1 Å². The van der Waals surface area contributed by atoms with Crippen LogP contribution in [0.5, 0.6) is 11.5 Å². The van der Waals surface area contributed by atoms with Crippen LogP contribution in [0.25, 0.3) is 0 Å². The maximum atomic E-state index is 12.1. The first kappa shape index (κ1) is 15.0. The van der Waals surface area contributed by atoms with Crippen LogP contribution >= 0.6 is 27.7 Å². The minimum atomic E-state index is 0.181. The predicted molar refractivity (Wildman–Crippen MR) is 83.8 cm³/mol. The van der Waals surface area contributed by atoms with E-state index in [-0.39, 0.29) is 12.7 Å². The lowest BCUT2D eigenvalue weighted by Crippen LogP contribution is -2.41. The Balaban J connectivity index is 1.52. The molecular weight excluding hydrogens is 358 g/mol. The summed E-state index contributed by atoms with van der Waals surface area (Å²) in [7, 11) is 0. The molecule has 0 aromatic heterocycles. The van der Waals surface area contributed by atoms with Gasteiger partial charge in [-0.15, -0.1) is 11.8 Å². The molecule has 2 aliphatic rings. The summed E-state index contributed by atoms with van der Waals surface area (Å²) >= 11 is 5.14. The first-order valence-corrected chi connectivity index (χ1v) is 8.70. The van der Waals surface area contributed by atoms with Gasteiger partial charge in [0.25, 0.3) is 0 Å². The molecule has 5 nitrogen and oxygen atoms in total. The molecule has 1 saturated heterocycles. The van der Waals surface area contributed by atoms with Gasteiger partial charge in [0.15, 0.2) is 11.5 Å². The second kappa shape index (κ2) is 6.89. The molecule has 0 radical (unpaired) electrons. The van der Waals surface area contributed by atoms with Crippen molar-refractivity contribution in [3.8, 4) is 11.5 Å². The molecule has 2 aliphatic heterocycles. The number of nitrogens with zero attached hydrogens (tertiary/aromatic N) is 1. The predicted octanol–water partition coefficient (Wildman–Crippen LogP) is 2.27. The maximum absolute atomic E-state index is 12.1. The van der Waals surface area contributed by atoms with Gasteiger partial charge >= 0.3 is 0 Å². The van der Waals surface area contributed by atoms with E-state index < -0.39 is 0 Å². The number of amides is 1. The van der Waals surface area contributed by atoms with Crippen molar-refractivity contribution in [3.05, 3.63) is 22.2 Å². The third-order valence-electron chi connectivity index (χ3n) is 3.39. The number of carbonyl (C=O) groups excluding carboxylic acids is 1. The Morgan fingerprint density at radius 2 is 1.95 bits per heavy atom. The molecule has 0 atom stereocenters. The SMILES string of the molecule is O=C(CSCc1cc2c(cc1Br)OCO2)N1CCOCC1. The molecule has 0 spiro atoms. The van der Waals surface area contributed by atoms with Crippen LogP contribution in [-0.2, 0) is 15.3 Å². The number of benzene rings is 1. The molecule has 1 fully saturated rings. The number of hydrogen-bond acceptors (Lipinski definition) is 5. The van der Waals surface area contributed by atoms with E-state index in [1.54, 1.807) is 11.8 Å². The lowest BCUT2D eigenvalue weighted by atomic mass is 10.2. The molecule has 0 saturated carbocycles. The molecule has 1 aromatic rings. The fourth-order valence-corrected chi connectivity index (χ4v) is 3.79. The highest BCUT2D eigenvalue weighted by atomic mass is 79.9. The van der Waals surface area contributed by atoms with Gasteiger partial charge in [0, 0.05) is 23.3 Å². The van der Waals surface area contributed by atoms with Crippen LogP contribution in [-0.4, -0.2) is 49.7 Å². The summed E-state index contributed by atoms with van der Waals surface area (Å²) in [6.07, 6.45) is 0. The molecule has 114 valence electrons. The number of hydrogen-bond donors (Lipinski definition) is 0. The zero-order valence-corrected chi connectivity index (χ0v) is 13.9. The highest BCUT2D eigenvalue weighted by Crippen LogP contribution is 2.38. The standard InChI is InChI=1S/C14H16BrNO4S/c15-11-6-13-12(19-9-20-13)5-10(11)7-21-8-14(17)16-1-3-18-4-2-16/h5-6H,1-4,7-9H2. The quantitative estimate of drug-likeness (QED) is 0.809. The summed E-state index contributed by atoms with van der Waals surface area (Å²) in [5.41, 5.74) is 1.11. The van der Waals surface area contributed by atoms with Crippen LogP contribution in [0.1, 0.15) is 5.56 Å². The summed E-state index contributed by atoms with van der Waals surface area (Å²) in [5.74, 6) is 2.96. The average Bonchev–Trinajstić information content (AvgIpc) is 2.95. The lowest BCUT2D eigenvalue weighted by Gasteiger charge is -2.26. The van der Waals surface area contributed by atoms with Gasteiger partial charge in [0.1, 0.15) is 0 Å². The smallest absolute Gasteiger partial charge is 0.232 e. The molecule has 3 rings (SSSR count). The summed E-state index contributed by atoms with van der Waals surface area (Å²) in [6.45, 7) is 2.96. The number of morpholine rings is 1. The highest BCUT2D eigenvalue weighted by molar-refractivity contribution is 9.10. The molecule has 1 amide bonds. The van der Waals surface area contributed by atoms with E-state index >= 15 is 0 Å². The second-order valence-corrected chi connectivity index (χ2v) is 6.62. The first-order valence-electron chi connectivity index (χ1n) is 6.75. The van der Waals surface area contributed by atoms with Crippen molar-refractivity contribution in [1.82, 2.24) is 4.90 Å². The fraction of sp³-hybridized carbons (Fsp3) is 0.500. The van der Waals surface area contributed by atoms with Crippen LogP contribution in [0.2, 0.25) is 0 Å². The molecule has 0 bridgehead atoms. The number of fused-ring (bicyclic) bond motifs is 1. The number of ether oxygens (including phenoxy) is 3. The summed E-state index contributed by atoms with van der Waals surface area (Å²) in [5, 5.41) is 0. The Hall–Kier alpha value is -0.920. The van der Waals surface area contributed by atoms with E-state index in [0.717, 1.165) is 27.3 Å². The van der Waals surface area contributed by atoms with Gasteiger partial charge in [0.05, 0.1) is 19.0 Å². The summed E-state index contributed by atoms with van der Waals surface area (Å²) in [4.78, 5) is 13.9. The van der Waals surface area contributed by atoms with Gasteiger partial charge in [0.2, 0.25) is 12.7 Å². The second-order valence-electron chi connectivity index (χ2n) is 4.78. The number of carbonyl (C=O) groups is 1. The molecule has 1 aromatic carbocycles. The van der Waals surface area contributed by atoms with Gasteiger partial charge in [-0.05, 0) is 17.7 Å². The average molecular weight is 374 g/mol. The van der Waals surface area contributed by atoms with Crippen LogP contribution in [0.4, 0.5) is 0 Å². The van der Waals surface area contributed by atoms with Crippen molar-refractivity contribution >= 4 is 33.6 Å². The zero-order valence-electron chi connectivity index (χ0n) is 11.5. The van der Waals surface area contributed by atoms with Crippen LogP contribution < -0.4 is 9.47 Å². The number of thioether (sulfide) groups is 1. The third kappa shape index (κ3) is 3.64. The van der Waals surface area contributed by atoms with E-state index in [1.165, 1.54) is 0 Å². The van der Waals surface area contributed by atoms with E-state index in [0.29, 0.717) is 32.1 Å². The fourth-order valence-electron chi connectivity index (χ4n) is 2.22. The largest absolute Gasteiger partial charge is 0.454 e. The van der Waals surface area contributed by atoms with E-state index in [4.69, 9.17) is 14.2 Å². The van der Waals surface area contributed by atoms with Gasteiger partial charge in [-0.25, -0.2) is 0 Å². The Labute approximate surface area is 136 Å². The molecule has 7 heteroatoms. The van der Waals surface area contributed by atoms with Gasteiger partial charge in [-0.1, -0.05) is 15.9 Å². The minimum absolute atomic E-state index is 0.181.